The normalized spacial score (nSPS) is 14.8. The lowest BCUT2D eigenvalue weighted by molar-refractivity contribution is -0.193. The number of alkyl halides is 9. The Bertz CT molecular complexity index is 1970. The van der Waals surface area contributed by atoms with Crippen molar-refractivity contribution in [3.63, 3.8) is 0 Å². The van der Waals surface area contributed by atoms with Gasteiger partial charge in [-0.2, -0.15) is 44.6 Å². The number of carboxylic acids is 3. The van der Waals surface area contributed by atoms with Gasteiger partial charge in [0.15, 0.2) is 9.84 Å². The molecule has 54 heavy (non-hydrogen) atoms. The van der Waals surface area contributed by atoms with Gasteiger partial charge in [0.25, 0.3) is 0 Å². The molecule has 6 rings (SSSR count). The van der Waals surface area contributed by atoms with Gasteiger partial charge < -0.3 is 25.1 Å². The van der Waals surface area contributed by atoms with Crippen molar-refractivity contribution in [1.29, 1.82) is 0 Å². The lowest BCUT2D eigenvalue weighted by Crippen LogP contribution is -2.47. The Morgan fingerprint density at radius 3 is 1.70 bits per heavy atom. The van der Waals surface area contributed by atoms with Crippen LogP contribution in [0.3, 0.4) is 0 Å². The number of hydrogen-bond acceptors (Lipinski definition) is 10. The molecule has 0 atom stereocenters. The molecule has 0 spiro atoms. The maximum Gasteiger partial charge on any atom is 0.490 e. The Balaban J connectivity index is 0.000000307. The number of H-pyrrole nitrogens is 1. The highest BCUT2D eigenvalue weighted by molar-refractivity contribution is 7.92. The van der Waals surface area contributed by atoms with Crippen LogP contribution in [0.25, 0.3) is 22.0 Å². The van der Waals surface area contributed by atoms with Crippen LogP contribution in [-0.2, 0) is 24.2 Å². The van der Waals surface area contributed by atoms with Gasteiger partial charge in [0.05, 0.1) is 21.9 Å². The van der Waals surface area contributed by atoms with Crippen molar-refractivity contribution in [2.45, 2.75) is 41.5 Å². The molecule has 0 bridgehead atoms. The summed E-state index contributed by atoms with van der Waals surface area (Å²) < 4.78 is 121. The van der Waals surface area contributed by atoms with Crippen molar-refractivity contribution in [1.82, 2.24) is 20.2 Å². The average molecular weight is 803 g/mol. The molecule has 4 N–H and O–H groups in total. The number of nitrogens with zero attached hydrogens (tertiary/aromatic N) is 5. The van der Waals surface area contributed by atoms with Crippen LogP contribution in [-0.4, -0.2) is 112 Å². The molecule has 0 amide bonds. The first-order chi connectivity index (χ1) is 24.9. The van der Waals surface area contributed by atoms with E-state index in [1.165, 1.54) is 0 Å². The van der Waals surface area contributed by atoms with E-state index in [4.69, 9.17) is 29.7 Å². The Morgan fingerprint density at radius 1 is 0.722 bits per heavy atom. The summed E-state index contributed by atoms with van der Waals surface area (Å²) in [6, 6.07) is 13.6. The SMILES string of the molecule is O=C(O)C(F)(F)F.O=C(O)C(F)(F)F.O=C(O)C(F)(F)F.O=S(=O)(c1cccc(N2CCN(c3ncnc4ccc(-c5cn[nH]c5)cc34)CC2)c1)C1CC1. The zero-order chi connectivity index (χ0) is 40.6. The highest BCUT2D eigenvalue weighted by atomic mass is 32.2. The molecular weight excluding hydrogens is 775 g/mol. The topological polar surface area (TPSA) is 207 Å². The number of anilines is 2. The molecule has 1 aliphatic heterocycles. The summed E-state index contributed by atoms with van der Waals surface area (Å²) in [4.78, 5) is 40.7. The molecule has 2 aromatic heterocycles. The van der Waals surface area contributed by atoms with Gasteiger partial charge in [-0.1, -0.05) is 12.1 Å². The largest absolute Gasteiger partial charge is 0.490 e. The molecule has 2 fully saturated rings. The first-order valence-electron chi connectivity index (χ1n) is 14.9. The number of carbonyl (C=O) groups is 3. The van der Waals surface area contributed by atoms with Crippen molar-refractivity contribution in [3.8, 4) is 11.1 Å². The van der Waals surface area contributed by atoms with Crippen LogP contribution in [0, 0.1) is 0 Å². The minimum Gasteiger partial charge on any atom is -0.475 e. The third-order valence-electron chi connectivity index (χ3n) is 7.23. The smallest absolute Gasteiger partial charge is 0.475 e. The van der Waals surface area contributed by atoms with Gasteiger partial charge in [-0.05, 0) is 48.7 Å². The van der Waals surface area contributed by atoms with E-state index in [0.717, 1.165) is 72.6 Å². The Labute approximate surface area is 297 Å². The monoisotopic (exact) mass is 802 g/mol. The van der Waals surface area contributed by atoms with Gasteiger partial charge in [-0.25, -0.2) is 32.8 Å². The van der Waals surface area contributed by atoms with Gasteiger partial charge in [0.2, 0.25) is 0 Å². The van der Waals surface area contributed by atoms with Crippen molar-refractivity contribution < 1.29 is 77.6 Å². The quantitative estimate of drug-likeness (QED) is 0.192. The molecule has 2 aromatic carbocycles. The van der Waals surface area contributed by atoms with Crippen molar-refractivity contribution >= 4 is 50.2 Å². The first kappa shape index (κ1) is 42.7. The maximum atomic E-state index is 12.7. The van der Waals surface area contributed by atoms with E-state index >= 15 is 0 Å². The van der Waals surface area contributed by atoms with Crippen molar-refractivity contribution in [2.75, 3.05) is 36.0 Å². The molecule has 2 aliphatic rings. The maximum absolute atomic E-state index is 12.7. The molecule has 1 saturated carbocycles. The standard InChI is InChI=1S/C24H24N6O2S.3C2HF3O2/c31-33(32,20-5-6-20)21-3-1-2-19(13-21)29-8-10-30(11-9-29)24-22-12-17(18-14-27-28-15-18)4-7-23(22)25-16-26-24;3*3-2(4,5)1(6)7/h1-4,7,12-16,20H,5-6,8-11H2,(H,27,28);3*(H,6,7). The fourth-order valence-electron chi connectivity index (χ4n) is 4.49. The summed E-state index contributed by atoms with van der Waals surface area (Å²) >= 11 is 0. The van der Waals surface area contributed by atoms with E-state index in [2.05, 4.69) is 36.0 Å². The Kier molecular flexibility index (Phi) is 13.4. The lowest BCUT2D eigenvalue weighted by atomic mass is 10.1. The molecule has 14 nitrogen and oxygen atoms in total. The molecule has 1 saturated heterocycles. The molecule has 24 heteroatoms. The van der Waals surface area contributed by atoms with Gasteiger partial charge in [0, 0.05) is 49.0 Å². The van der Waals surface area contributed by atoms with E-state index < -0.39 is 46.3 Å². The third kappa shape index (κ3) is 11.9. The number of nitrogens with one attached hydrogen (secondary N) is 1. The second kappa shape index (κ2) is 17.0. The summed E-state index contributed by atoms with van der Waals surface area (Å²) in [5, 5.41) is 29.1. The second-order valence-corrected chi connectivity index (χ2v) is 13.3. The van der Waals surface area contributed by atoms with Gasteiger partial charge in [-0.3, -0.25) is 5.10 Å². The Hall–Kier alpha value is -5.68. The predicted octanol–water partition coefficient (Wildman–Crippen LogP) is 5.18. The van der Waals surface area contributed by atoms with Gasteiger partial charge in [0.1, 0.15) is 12.1 Å². The van der Waals surface area contributed by atoms with E-state index in [1.54, 1.807) is 18.6 Å². The van der Waals surface area contributed by atoms with Crippen molar-refractivity contribution in [2.24, 2.45) is 0 Å². The second-order valence-electron chi connectivity index (χ2n) is 11.0. The number of aromatic nitrogens is 4. The number of benzene rings is 2. The number of hydrogen-bond donors (Lipinski definition) is 4. The lowest BCUT2D eigenvalue weighted by Gasteiger charge is -2.37. The van der Waals surface area contributed by atoms with Crippen LogP contribution in [0.2, 0.25) is 0 Å². The number of fused-ring (bicyclic) bond motifs is 1. The fourth-order valence-corrected chi connectivity index (χ4v) is 6.18. The highest BCUT2D eigenvalue weighted by Crippen LogP contribution is 2.35. The zero-order valence-corrected chi connectivity index (χ0v) is 27.8. The van der Waals surface area contributed by atoms with Crippen LogP contribution in [0.15, 0.2) is 66.1 Å². The van der Waals surface area contributed by atoms with Crippen LogP contribution in [0.4, 0.5) is 51.0 Å². The number of halogens is 9. The third-order valence-corrected chi connectivity index (χ3v) is 9.49. The zero-order valence-electron chi connectivity index (χ0n) is 27.0. The number of sulfone groups is 1. The van der Waals surface area contributed by atoms with E-state index in [-0.39, 0.29) is 5.25 Å². The van der Waals surface area contributed by atoms with Crippen LogP contribution in [0.1, 0.15) is 12.8 Å². The summed E-state index contributed by atoms with van der Waals surface area (Å²) in [5.41, 5.74) is 3.97. The minimum absolute atomic E-state index is 0.192. The predicted molar refractivity (Wildman–Crippen MR) is 169 cm³/mol. The molecule has 4 aromatic rings. The molecule has 3 heterocycles. The summed E-state index contributed by atoms with van der Waals surface area (Å²) in [7, 11) is -3.19. The summed E-state index contributed by atoms with van der Waals surface area (Å²) in [6.45, 7) is 3.17. The summed E-state index contributed by atoms with van der Waals surface area (Å²) in [5.74, 6) is -7.34. The molecule has 0 radical (unpaired) electrons. The average Bonchev–Trinajstić information content (AvgIpc) is 3.82. The van der Waals surface area contributed by atoms with Crippen LogP contribution in [0.5, 0.6) is 0 Å². The van der Waals surface area contributed by atoms with E-state index in [0.29, 0.717) is 4.90 Å². The molecule has 294 valence electrons. The van der Waals surface area contributed by atoms with E-state index in [9.17, 15) is 47.9 Å². The highest BCUT2D eigenvalue weighted by Gasteiger charge is 2.40. The molecule has 1 aliphatic carbocycles. The number of carboxylic acid groups (broad SMARTS) is 3. The van der Waals surface area contributed by atoms with Crippen molar-refractivity contribution in [3.05, 3.63) is 61.2 Å². The van der Waals surface area contributed by atoms with Gasteiger partial charge >= 0.3 is 36.4 Å². The first-order valence-corrected chi connectivity index (χ1v) is 16.5. The summed E-state index contributed by atoms with van der Waals surface area (Å²) in [6.07, 6.45) is -8.39. The van der Waals surface area contributed by atoms with E-state index in [1.807, 2.05) is 36.5 Å². The minimum atomic E-state index is -5.08. The Morgan fingerprint density at radius 2 is 1.24 bits per heavy atom. The molecular formula is C30H27F9N6O8S. The fraction of sp³-hybridized carbons (Fsp3) is 0.333. The van der Waals surface area contributed by atoms with Crippen LogP contribution < -0.4 is 9.80 Å². The number of piperazine rings is 1. The van der Waals surface area contributed by atoms with Gasteiger partial charge in [-0.15, -0.1) is 0 Å². The number of aromatic amines is 1. The molecule has 0 unspecified atom stereocenters. The number of rotatable bonds is 5. The number of aliphatic carboxylic acids is 3. The van der Waals surface area contributed by atoms with Crippen LogP contribution >= 0.6 is 0 Å².